The molecule has 1 fully saturated rings. The van der Waals surface area contributed by atoms with E-state index in [0.29, 0.717) is 17.0 Å². The molecule has 5 rings (SSSR count). The van der Waals surface area contributed by atoms with Crippen molar-refractivity contribution in [2.75, 3.05) is 10.6 Å². The second-order valence-corrected chi connectivity index (χ2v) is 12.5. The molecule has 252 valence electrons. The number of H-pyrrole nitrogens is 1. The number of para-hydroxylation sites is 1. The number of nitrogens with one attached hydrogen (secondary N) is 1. The fraction of sp³-hybridized carbons (Fsp3) is 0.371. The van der Waals surface area contributed by atoms with Crippen molar-refractivity contribution < 1.29 is 33.3 Å². The smallest absolute Gasteiger partial charge is 0.443 e. The molecule has 13 heteroatoms. The number of anilines is 2. The predicted octanol–water partition coefficient (Wildman–Crippen LogP) is 7.05. The quantitative estimate of drug-likeness (QED) is 0.0818. The van der Waals surface area contributed by atoms with Gasteiger partial charge in [0.05, 0.1) is 23.5 Å². The minimum atomic E-state index is -1.28. The Morgan fingerprint density at radius 2 is 1.71 bits per heavy atom. The van der Waals surface area contributed by atoms with Gasteiger partial charge in [-0.05, 0) is 86.6 Å². The Morgan fingerprint density at radius 1 is 0.958 bits per heavy atom. The maximum Gasteiger partial charge on any atom is 0.511 e. The summed E-state index contributed by atoms with van der Waals surface area (Å²) in [5.74, 6) is -0.505. The molecule has 0 spiro atoms. The van der Waals surface area contributed by atoms with E-state index < -0.39 is 30.1 Å². The number of hydrogen-bond acceptors (Lipinski definition) is 11. The van der Waals surface area contributed by atoms with Gasteiger partial charge in [-0.15, -0.1) is 10.2 Å². The molecule has 1 atom stereocenters. The number of tetrazole rings is 1. The molecule has 48 heavy (non-hydrogen) atoms. The van der Waals surface area contributed by atoms with Crippen LogP contribution >= 0.6 is 0 Å². The number of amides is 1. The van der Waals surface area contributed by atoms with Crippen LogP contribution in [0.5, 0.6) is 0 Å². The number of esters is 1. The molecule has 1 heterocycles. The fourth-order valence-electron chi connectivity index (χ4n) is 5.50. The van der Waals surface area contributed by atoms with Crippen molar-refractivity contribution >= 4 is 29.6 Å². The Balaban J connectivity index is 1.45. The summed E-state index contributed by atoms with van der Waals surface area (Å²) >= 11 is 0. The number of hydrogen-bond donors (Lipinski definition) is 2. The van der Waals surface area contributed by atoms with Crippen LogP contribution in [-0.4, -0.2) is 56.8 Å². The lowest BCUT2D eigenvalue weighted by atomic mass is 9.96. The van der Waals surface area contributed by atoms with Crippen molar-refractivity contribution in [2.24, 2.45) is 0 Å². The summed E-state index contributed by atoms with van der Waals surface area (Å²) in [6.45, 7) is 6.57. The Morgan fingerprint density at radius 3 is 2.40 bits per heavy atom. The van der Waals surface area contributed by atoms with Gasteiger partial charge >= 0.3 is 18.2 Å². The zero-order valence-electron chi connectivity index (χ0n) is 27.5. The van der Waals surface area contributed by atoms with Crippen molar-refractivity contribution in [3.8, 4) is 22.5 Å². The highest BCUT2D eigenvalue weighted by Gasteiger charge is 2.31. The summed E-state index contributed by atoms with van der Waals surface area (Å²) in [5, 5.41) is 14.6. The number of rotatable bonds is 9. The first-order valence-corrected chi connectivity index (χ1v) is 15.9. The minimum Gasteiger partial charge on any atom is -0.443 e. The van der Waals surface area contributed by atoms with Gasteiger partial charge in [-0.2, -0.15) is 5.21 Å². The van der Waals surface area contributed by atoms with Crippen LogP contribution in [0, 0.1) is 0 Å². The van der Waals surface area contributed by atoms with Gasteiger partial charge in [-0.25, -0.2) is 14.4 Å². The fourth-order valence-corrected chi connectivity index (χ4v) is 5.50. The third kappa shape index (κ3) is 8.66. The molecule has 1 aromatic heterocycles. The standard InChI is InChI=1S/C35H40N6O7/c1-22(46-34(44)47-25-14-9-6-10-15-25)45-32(42)27-16-11-17-29(36)30(27)41(33(43)48-35(2,3)4)21-23-18-19-26(24-12-7-5-8-13-24)28(20-23)31-37-39-40-38-31/h5,7-8,11-13,16-20,22,25H,6,9-10,14-15,21,36H2,1-4H3,(H,37,38,39,40). The van der Waals surface area contributed by atoms with E-state index in [1.807, 2.05) is 48.5 Å². The number of ether oxygens (including phenoxy) is 4. The molecule has 3 aromatic carbocycles. The van der Waals surface area contributed by atoms with Gasteiger partial charge in [0.1, 0.15) is 11.7 Å². The first kappa shape index (κ1) is 33.9. The lowest BCUT2D eigenvalue weighted by Gasteiger charge is -2.30. The number of benzene rings is 3. The molecule has 0 bridgehead atoms. The molecule has 4 aromatic rings. The van der Waals surface area contributed by atoms with Crippen LogP contribution in [0.15, 0.2) is 66.7 Å². The monoisotopic (exact) mass is 656 g/mol. The van der Waals surface area contributed by atoms with Crippen molar-refractivity contribution in [1.82, 2.24) is 20.6 Å². The van der Waals surface area contributed by atoms with E-state index in [-0.39, 0.29) is 29.6 Å². The summed E-state index contributed by atoms with van der Waals surface area (Å²) in [7, 11) is 0. The second kappa shape index (κ2) is 15.0. The van der Waals surface area contributed by atoms with Crippen LogP contribution in [-0.2, 0) is 25.5 Å². The lowest BCUT2D eigenvalue weighted by molar-refractivity contribution is -0.0914. The molecule has 0 saturated heterocycles. The maximum absolute atomic E-state index is 13.8. The minimum absolute atomic E-state index is 0.0312. The van der Waals surface area contributed by atoms with E-state index in [9.17, 15) is 14.4 Å². The van der Waals surface area contributed by atoms with Gasteiger partial charge in [0, 0.05) is 12.5 Å². The molecule has 0 aliphatic heterocycles. The number of carbonyl (C=O) groups excluding carboxylic acids is 3. The zero-order valence-corrected chi connectivity index (χ0v) is 27.5. The lowest BCUT2D eigenvalue weighted by Crippen LogP contribution is -2.38. The highest BCUT2D eigenvalue weighted by atomic mass is 16.8. The van der Waals surface area contributed by atoms with E-state index in [2.05, 4.69) is 20.6 Å². The third-order valence-corrected chi connectivity index (χ3v) is 7.62. The number of nitrogens with two attached hydrogens (primary N) is 1. The Labute approximate surface area is 278 Å². The SMILES string of the molecule is CC(OC(=O)OC1CCCCC1)OC(=O)c1cccc(N)c1N(Cc1ccc(-c2ccccc2)c(-c2nn[nH]n2)c1)C(=O)OC(C)(C)C. The van der Waals surface area contributed by atoms with Gasteiger partial charge < -0.3 is 24.7 Å². The van der Waals surface area contributed by atoms with E-state index in [1.165, 1.54) is 17.9 Å². The van der Waals surface area contributed by atoms with Gasteiger partial charge in [0.15, 0.2) is 0 Å². The summed E-state index contributed by atoms with van der Waals surface area (Å²) < 4.78 is 21.9. The van der Waals surface area contributed by atoms with Crippen LogP contribution in [0.2, 0.25) is 0 Å². The molecule has 1 amide bonds. The molecule has 3 N–H and O–H groups in total. The van der Waals surface area contributed by atoms with E-state index in [1.54, 1.807) is 32.9 Å². The van der Waals surface area contributed by atoms with Gasteiger partial charge in [-0.1, -0.05) is 55.0 Å². The molecule has 13 nitrogen and oxygen atoms in total. The summed E-state index contributed by atoms with van der Waals surface area (Å²) in [6, 6.07) is 19.9. The molecule has 1 aliphatic rings. The number of aromatic amines is 1. The summed E-state index contributed by atoms with van der Waals surface area (Å²) in [5.41, 5.74) is 8.85. The van der Waals surface area contributed by atoms with E-state index in [0.717, 1.165) is 43.2 Å². The Bertz CT molecular complexity index is 1720. The van der Waals surface area contributed by atoms with Crippen molar-refractivity contribution in [1.29, 1.82) is 0 Å². The highest BCUT2D eigenvalue weighted by Crippen LogP contribution is 2.35. The predicted molar refractivity (Wildman–Crippen MR) is 178 cm³/mol. The first-order valence-electron chi connectivity index (χ1n) is 15.9. The van der Waals surface area contributed by atoms with Crippen molar-refractivity contribution in [3.05, 3.63) is 77.9 Å². The molecule has 0 radical (unpaired) electrons. The van der Waals surface area contributed by atoms with Gasteiger partial charge in [0.2, 0.25) is 12.1 Å². The zero-order chi connectivity index (χ0) is 34.3. The van der Waals surface area contributed by atoms with E-state index >= 15 is 0 Å². The van der Waals surface area contributed by atoms with Gasteiger partial charge in [0.25, 0.3) is 0 Å². The van der Waals surface area contributed by atoms with Crippen molar-refractivity contribution in [2.45, 2.75) is 84.3 Å². The largest absolute Gasteiger partial charge is 0.511 e. The highest BCUT2D eigenvalue weighted by molar-refractivity contribution is 6.04. The molecule has 1 aliphatic carbocycles. The van der Waals surface area contributed by atoms with Crippen LogP contribution in [0.1, 0.15) is 75.7 Å². The number of aromatic nitrogens is 4. The topological polar surface area (TPSA) is 172 Å². The maximum atomic E-state index is 13.8. The molecule has 1 unspecified atom stereocenters. The van der Waals surface area contributed by atoms with E-state index in [4.69, 9.17) is 24.7 Å². The van der Waals surface area contributed by atoms with Crippen LogP contribution in [0.25, 0.3) is 22.5 Å². The number of nitrogens with zero attached hydrogens (tertiary/aromatic N) is 4. The van der Waals surface area contributed by atoms with Crippen LogP contribution in [0.3, 0.4) is 0 Å². The molecule has 1 saturated carbocycles. The van der Waals surface area contributed by atoms with Crippen LogP contribution in [0.4, 0.5) is 21.0 Å². The number of nitrogen functional groups attached to an aromatic ring is 1. The Kier molecular flexibility index (Phi) is 10.6. The summed E-state index contributed by atoms with van der Waals surface area (Å²) in [4.78, 5) is 41.0. The average molecular weight is 657 g/mol. The first-order chi connectivity index (χ1) is 23.0. The summed E-state index contributed by atoms with van der Waals surface area (Å²) in [6.07, 6.45) is 1.42. The molecular formula is C35H40N6O7. The normalized spacial score (nSPS) is 14.1. The number of carbonyl (C=O) groups is 3. The Hall–Kier alpha value is -5.46. The third-order valence-electron chi connectivity index (χ3n) is 7.62. The second-order valence-electron chi connectivity index (χ2n) is 12.5. The molecular weight excluding hydrogens is 616 g/mol. The van der Waals surface area contributed by atoms with Crippen molar-refractivity contribution in [3.63, 3.8) is 0 Å². The average Bonchev–Trinajstić information content (AvgIpc) is 3.59. The van der Waals surface area contributed by atoms with Crippen LogP contribution < -0.4 is 10.6 Å². The van der Waals surface area contributed by atoms with Gasteiger partial charge in [-0.3, -0.25) is 4.90 Å².